The van der Waals surface area contributed by atoms with Gasteiger partial charge in [0.05, 0.1) is 11.2 Å². The van der Waals surface area contributed by atoms with Crippen molar-refractivity contribution in [1.82, 2.24) is 0 Å². The highest BCUT2D eigenvalue weighted by Crippen LogP contribution is 2.36. The monoisotopic (exact) mass is 414 g/mol. The van der Waals surface area contributed by atoms with Crippen LogP contribution in [-0.4, -0.2) is 18.3 Å². The van der Waals surface area contributed by atoms with Gasteiger partial charge in [-0.05, 0) is 75.5 Å². The van der Waals surface area contributed by atoms with Gasteiger partial charge in [-0.2, -0.15) is 0 Å². The minimum absolute atomic E-state index is 0.343. The molecule has 1 aliphatic heterocycles. The summed E-state index contributed by atoms with van der Waals surface area (Å²) in [7, 11) is -0.343. The summed E-state index contributed by atoms with van der Waals surface area (Å²) in [5.41, 5.74) is 5.48. The normalized spacial score (nSPS) is 17.2. The van der Waals surface area contributed by atoms with Crippen molar-refractivity contribution < 1.29 is 9.31 Å². The summed E-state index contributed by atoms with van der Waals surface area (Å²) >= 11 is 0. The predicted octanol–water partition coefficient (Wildman–Crippen LogP) is 6.00. The Hall–Kier alpha value is -2.36. The molecule has 0 unspecified atom stereocenters. The van der Waals surface area contributed by atoms with Gasteiger partial charge in [0.15, 0.2) is 0 Å². The van der Waals surface area contributed by atoms with Gasteiger partial charge in [0.2, 0.25) is 0 Å². The number of aryl methyl sites for hydroxylation is 3. The Balaban J connectivity index is 1.82. The van der Waals surface area contributed by atoms with E-state index in [2.05, 4.69) is 89.4 Å². The highest BCUT2D eigenvalue weighted by molar-refractivity contribution is 6.62. The van der Waals surface area contributed by atoms with Gasteiger partial charge in [-0.3, -0.25) is 0 Å². The molecule has 2 nitrogen and oxygen atoms in total. The van der Waals surface area contributed by atoms with E-state index in [1.165, 1.54) is 16.7 Å². The number of hydrogen-bond acceptors (Lipinski definition) is 2. The average molecular weight is 414 g/mol. The van der Waals surface area contributed by atoms with Crippen molar-refractivity contribution in [3.8, 4) is 0 Å². The minimum Gasteiger partial charge on any atom is -0.399 e. The maximum Gasteiger partial charge on any atom is 0.494 e. The fraction of sp³-hybridized carbons (Fsp3) is 0.357. The van der Waals surface area contributed by atoms with Gasteiger partial charge in [-0.1, -0.05) is 85.5 Å². The van der Waals surface area contributed by atoms with E-state index in [1.807, 2.05) is 12.2 Å². The molecule has 162 valence electrons. The molecule has 3 rings (SSSR count). The zero-order valence-electron chi connectivity index (χ0n) is 19.5. The van der Waals surface area contributed by atoms with Crippen molar-refractivity contribution in [2.75, 3.05) is 0 Å². The van der Waals surface area contributed by atoms with Gasteiger partial charge in [0.25, 0.3) is 0 Å². The van der Waals surface area contributed by atoms with Gasteiger partial charge in [-0.25, -0.2) is 0 Å². The second kappa shape index (κ2) is 9.85. The fourth-order valence-corrected chi connectivity index (χ4v) is 3.72. The zero-order chi connectivity index (χ0) is 22.5. The lowest BCUT2D eigenvalue weighted by molar-refractivity contribution is 0.00578. The average Bonchev–Trinajstić information content (AvgIpc) is 2.97. The molecule has 1 heterocycles. The van der Waals surface area contributed by atoms with Gasteiger partial charge < -0.3 is 9.31 Å². The van der Waals surface area contributed by atoms with E-state index in [1.54, 1.807) is 6.08 Å². The largest absolute Gasteiger partial charge is 0.494 e. The van der Waals surface area contributed by atoms with E-state index in [0.29, 0.717) is 0 Å². The molecule has 0 amide bonds. The smallest absolute Gasteiger partial charge is 0.399 e. The number of hydrogen-bond donors (Lipinski definition) is 0. The van der Waals surface area contributed by atoms with E-state index in [9.17, 15) is 0 Å². The fourth-order valence-electron chi connectivity index (χ4n) is 3.72. The first kappa shape index (κ1) is 23.3. The van der Waals surface area contributed by atoms with Crippen LogP contribution in [0, 0.1) is 0 Å². The summed E-state index contributed by atoms with van der Waals surface area (Å²) in [5.74, 6) is 0. The molecule has 2 aromatic rings. The molecule has 3 heteroatoms. The van der Waals surface area contributed by atoms with Crippen LogP contribution in [0.25, 0.3) is 0 Å². The Morgan fingerprint density at radius 2 is 1.45 bits per heavy atom. The Kier molecular flexibility index (Phi) is 7.40. The third-order valence-electron chi connectivity index (χ3n) is 6.35. The molecule has 0 aliphatic carbocycles. The van der Waals surface area contributed by atoms with Crippen molar-refractivity contribution in [3.05, 3.63) is 102 Å². The lowest BCUT2D eigenvalue weighted by atomic mass is 9.76. The predicted molar refractivity (Wildman–Crippen MR) is 133 cm³/mol. The highest BCUT2D eigenvalue weighted by atomic mass is 16.7. The highest BCUT2D eigenvalue weighted by Gasteiger charge is 2.51. The second-order valence-corrected chi connectivity index (χ2v) is 9.41. The van der Waals surface area contributed by atoms with Crippen molar-refractivity contribution in [3.63, 3.8) is 0 Å². The van der Waals surface area contributed by atoms with E-state index in [0.717, 1.165) is 36.7 Å². The van der Waals surface area contributed by atoms with Gasteiger partial charge in [-0.15, -0.1) is 0 Å². The zero-order valence-corrected chi connectivity index (χ0v) is 19.5. The molecule has 1 fully saturated rings. The van der Waals surface area contributed by atoms with Crippen LogP contribution in [-0.2, 0) is 28.6 Å². The Morgan fingerprint density at radius 1 is 0.871 bits per heavy atom. The number of rotatable bonds is 9. The number of benzene rings is 2. The summed E-state index contributed by atoms with van der Waals surface area (Å²) in [5, 5.41) is 0. The molecule has 31 heavy (non-hydrogen) atoms. The molecule has 0 radical (unpaired) electrons. The third kappa shape index (κ3) is 6.09. The molecule has 0 bridgehead atoms. The van der Waals surface area contributed by atoms with E-state index in [4.69, 9.17) is 9.31 Å². The van der Waals surface area contributed by atoms with Crippen LogP contribution < -0.4 is 5.46 Å². The van der Waals surface area contributed by atoms with Crippen LogP contribution >= 0.6 is 0 Å². The maximum absolute atomic E-state index is 6.34. The lowest BCUT2D eigenvalue weighted by Crippen LogP contribution is -2.41. The van der Waals surface area contributed by atoms with Crippen molar-refractivity contribution >= 4 is 12.6 Å². The van der Waals surface area contributed by atoms with Gasteiger partial charge in [0.1, 0.15) is 0 Å². The third-order valence-corrected chi connectivity index (χ3v) is 6.35. The van der Waals surface area contributed by atoms with Crippen LogP contribution in [0.3, 0.4) is 0 Å². The van der Waals surface area contributed by atoms with Crippen LogP contribution in [0.2, 0.25) is 0 Å². The maximum atomic E-state index is 6.34. The van der Waals surface area contributed by atoms with E-state index < -0.39 is 0 Å². The minimum atomic E-state index is -0.346. The summed E-state index contributed by atoms with van der Waals surface area (Å²) in [6, 6.07) is 17.5. The van der Waals surface area contributed by atoms with E-state index >= 15 is 0 Å². The van der Waals surface area contributed by atoms with Crippen molar-refractivity contribution in [2.45, 2.75) is 64.6 Å². The summed E-state index contributed by atoms with van der Waals surface area (Å²) in [6.45, 7) is 16.3. The SMILES string of the molecule is C=C/C=C\C(=C)CCc1cc(CCc2ccccc2)cc(B2OC(C)(C)C(C)(C)O2)c1. The van der Waals surface area contributed by atoms with Crippen LogP contribution in [0.1, 0.15) is 50.8 Å². The molecule has 0 atom stereocenters. The Bertz CT molecular complexity index is 925. The molecular weight excluding hydrogens is 379 g/mol. The molecule has 0 N–H and O–H groups in total. The summed E-state index contributed by atoms with van der Waals surface area (Å²) in [4.78, 5) is 0. The Morgan fingerprint density at radius 3 is 2.06 bits per heavy atom. The molecular formula is C28H35BO2. The molecule has 0 aromatic heterocycles. The molecule has 0 saturated carbocycles. The van der Waals surface area contributed by atoms with E-state index in [-0.39, 0.29) is 18.3 Å². The van der Waals surface area contributed by atoms with Crippen molar-refractivity contribution in [2.24, 2.45) is 0 Å². The van der Waals surface area contributed by atoms with Gasteiger partial charge >= 0.3 is 7.12 Å². The number of allylic oxidation sites excluding steroid dienone is 4. The van der Waals surface area contributed by atoms with Crippen LogP contribution in [0.15, 0.2) is 85.5 Å². The van der Waals surface area contributed by atoms with Crippen LogP contribution in [0.4, 0.5) is 0 Å². The van der Waals surface area contributed by atoms with Crippen molar-refractivity contribution in [1.29, 1.82) is 0 Å². The lowest BCUT2D eigenvalue weighted by Gasteiger charge is -2.32. The second-order valence-electron chi connectivity index (χ2n) is 9.41. The Labute approximate surface area is 188 Å². The quantitative estimate of drug-likeness (QED) is 0.370. The van der Waals surface area contributed by atoms with Crippen LogP contribution in [0.5, 0.6) is 0 Å². The summed E-state index contributed by atoms with van der Waals surface area (Å²) in [6.07, 6.45) is 9.60. The molecule has 0 spiro atoms. The first-order chi connectivity index (χ1) is 14.7. The van der Waals surface area contributed by atoms with Gasteiger partial charge in [0, 0.05) is 0 Å². The summed E-state index contributed by atoms with van der Waals surface area (Å²) < 4.78 is 12.7. The standard InChI is InChI=1S/C28H35BO2/c1-7-8-12-22(2)15-16-24-19-25(18-17-23-13-10-9-11-14-23)21-26(20-24)29-30-27(3,4)28(5,6)31-29/h7-14,19-21H,1-2,15-18H2,3-6H3/b12-8-. The first-order valence-corrected chi connectivity index (χ1v) is 11.2. The molecule has 1 aliphatic rings. The first-order valence-electron chi connectivity index (χ1n) is 11.2. The molecule has 1 saturated heterocycles. The topological polar surface area (TPSA) is 18.5 Å². The molecule has 2 aromatic carbocycles.